The number of oxazole rings is 1. The molecular weight excluding hydrogens is 394 g/mol. The third-order valence-electron chi connectivity index (χ3n) is 6.10. The number of hydrogen-bond donors (Lipinski definition) is 0. The number of aromatic nitrogens is 1. The Bertz CT molecular complexity index is 1090. The van der Waals surface area contributed by atoms with Crippen molar-refractivity contribution >= 4 is 27.0 Å². The number of likely N-dealkylation sites (tertiary alicyclic amines) is 1. The van der Waals surface area contributed by atoms with E-state index >= 15 is 0 Å². The number of benzene rings is 1. The lowest BCUT2D eigenvalue weighted by molar-refractivity contribution is -0.138. The summed E-state index contributed by atoms with van der Waals surface area (Å²) in [6, 6.07) is 4.46. The number of amides is 1. The predicted octanol–water partition coefficient (Wildman–Crippen LogP) is 1.79. The number of hydrogen-bond acceptors (Lipinski definition) is 5. The van der Waals surface area contributed by atoms with Crippen LogP contribution in [0.1, 0.15) is 32.6 Å². The molecule has 0 spiro atoms. The van der Waals surface area contributed by atoms with Gasteiger partial charge in [-0.05, 0) is 43.7 Å². The van der Waals surface area contributed by atoms with Gasteiger partial charge >= 0.3 is 5.76 Å². The summed E-state index contributed by atoms with van der Waals surface area (Å²) in [5, 5.41) is 0. The van der Waals surface area contributed by atoms with Gasteiger partial charge in [0.15, 0.2) is 5.58 Å². The molecule has 2 unspecified atom stereocenters. The normalized spacial score (nSPS) is 24.1. The molecule has 1 aromatic heterocycles. The maximum atomic E-state index is 13.2. The zero-order valence-corrected chi connectivity index (χ0v) is 17.7. The zero-order valence-electron chi connectivity index (χ0n) is 16.8. The maximum Gasteiger partial charge on any atom is 0.419 e. The minimum absolute atomic E-state index is 0.0703. The van der Waals surface area contributed by atoms with Crippen LogP contribution < -0.4 is 5.76 Å². The largest absolute Gasteiger partial charge is 0.419 e. The number of aryl methyl sites for hydroxylation is 1. The first-order chi connectivity index (χ1) is 13.8. The van der Waals surface area contributed by atoms with Gasteiger partial charge in [-0.2, -0.15) is 4.31 Å². The van der Waals surface area contributed by atoms with Crippen LogP contribution in [0.2, 0.25) is 0 Å². The van der Waals surface area contributed by atoms with Gasteiger partial charge in [-0.3, -0.25) is 9.36 Å². The Morgan fingerprint density at radius 2 is 1.90 bits per heavy atom. The van der Waals surface area contributed by atoms with Gasteiger partial charge in [-0.25, -0.2) is 13.2 Å². The summed E-state index contributed by atoms with van der Waals surface area (Å²) in [6.45, 7) is 4.25. The van der Waals surface area contributed by atoms with Crippen LogP contribution in [0, 0.1) is 11.8 Å². The molecule has 9 heteroatoms. The Morgan fingerprint density at radius 3 is 2.66 bits per heavy atom. The van der Waals surface area contributed by atoms with Gasteiger partial charge in [-0.15, -0.1) is 0 Å². The van der Waals surface area contributed by atoms with Crippen LogP contribution in [-0.2, 0) is 21.9 Å². The van der Waals surface area contributed by atoms with E-state index in [1.54, 1.807) is 13.1 Å². The van der Waals surface area contributed by atoms with E-state index in [1.165, 1.54) is 21.0 Å². The lowest BCUT2D eigenvalue weighted by atomic mass is 9.94. The molecule has 8 nitrogen and oxygen atoms in total. The van der Waals surface area contributed by atoms with Gasteiger partial charge in [0, 0.05) is 39.3 Å². The van der Waals surface area contributed by atoms with E-state index < -0.39 is 15.8 Å². The Hall–Kier alpha value is -2.13. The summed E-state index contributed by atoms with van der Waals surface area (Å²) >= 11 is 0. The summed E-state index contributed by atoms with van der Waals surface area (Å²) in [6.07, 6.45) is 3.50. The number of rotatable bonds is 3. The molecule has 0 aliphatic carbocycles. The van der Waals surface area contributed by atoms with Gasteiger partial charge < -0.3 is 9.32 Å². The van der Waals surface area contributed by atoms with Crippen molar-refractivity contribution in [3.63, 3.8) is 0 Å². The Balaban J connectivity index is 1.55. The van der Waals surface area contributed by atoms with E-state index in [9.17, 15) is 18.0 Å². The van der Waals surface area contributed by atoms with E-state index in [0.717, 1.165) is 25.9 Å². The third-order valence-corrected chi connectivity index (χ3v) is 7.96. The molecule has 0 N–H and O–H groups in total. The smallest absolute Gasteiger partial charge is 0.408 e. The molecule has 2 aliphatic rings. The first kappa shape index (κ1) is 20.2. The second-order valence-electron chi connectivity index (χ2n) is 8.29. The maximum absolute atomic E-state index is 13.2. The fourth-order valence-corrected chi connectivity index (χ4v) is 5.97. The topological polar surface area (TPSA) is 92.8 Å². The van der Waals surface area contributed by atoms with Crippen LogP contribution in [-0.4, -0.2) is 54.3 Å². The molecule has 29 heavy (non-hydrogen) atoms. The fraction of sp³-hybridized carbons (Fsp3) is 0.600. The molecule has 2 fully saturated rings. The second kappa shape index (κ2) is 7.60. The standard InChI is InChI=1S/C20H27N3O5S/c1-14-5-3-9-22(12-14)19(24)15-6-4-10-23(13-15)29(26,27)16-7-8-17-18(11-16)28-20(25)21(17)2/h7-8,11,14-15H,3-6,9-10,12-13H2,1-2H3. The molecule has 2 saturated heterocycles. The number of nitrogens with zero attached hydrogens (tertiary/aromatic N) is 3. The molecule has 0 saturated carbocycles. The van der Waals surface area contributed by atoms with E-state index in [2.05, 4.69) is 6.92 Å². The number of fused-ring (bicyclic) bond motifs is 1. The van der Waals surface area contributed by atoms with Crippen molar-refractivity contribution in [1.29, 1.82) is 0 Å². The molecule has 3 heterocycles. The minimum Gasteiger partial charge on any atom is -0.408 e. The average Bonchev–Trinajstić information content (AvgIpc) is 3.00. The summed E-state index contributed by atoms with van der Waals surface area (Å²) in [5.74, 6) is -0.277. The van der Waals surface area contributed by atoms with E-state index in [-0.39, 0.29) is 28.8 Å². The molecule has 1 aromatic carbocycles. The van der Waals surface area contributed by atoms with Crippen LogP contribution in [0.15, 0.2) is 32.3 Å². The summed E-state index contributed by atoms with van der Waals surface area (Å²) in [4.78, 5) is 26.6. The molecule has 4 rings (SSSR count). The van der Waals surface area contributed by atoms with Crippen molar-refractivity contribution in [1.82, 2.24) is 13.8 Å². The average molecular weight is 422 g/mol. The van der Waals surface area contributed by atoms with Crippen molar-refractivity contribution in [2.45, 2.75) is 37.5 Å². The van der Waals surface area contributed by atoms with Crippen molar-refractivity contribution < 1.29 is 17.6 Å². The quantitative estimate of drug-likeness (QED) is 0.753. The predicted molar refractivity (Wildman–Crippen MR) is 108 cm³/mol. The molecular formula is C20H27N3O5S. The van der Waals surface area contributed by atoms with Gasteiger partial charge in [0.1, 0.15) is 0 Å². The monoisotopic (exact) mass is 421 g/mol. The highest BCUT2D eigenvalue weighted by Crippen LogP contribution is 2.28. The van der Waals surface area contributed by atoms with Crippen LogP contribution in [0.3, 0.4) is 0 Å². The minimum atomic E-state index is -3.77. The highest BCUT2D eigenvalue weighted by atomic mass is 32.2. The van der Waals surface area contributed by atoms with Crippen molar-refractivity contribution in [2.24, 2.45) is 18.9 Å². The molecule has 0 radical (unpaired) electrons. The van der Waals surface area contributed by atoms with Crippen LogP contribution in [0.5, 0.6) is 0 Å². The highest BCUT2D eigenvalue weighted by Gasteiger charge is 2.36. The second-order valence-corrected chi connectivity index (χ2v) is 10.2. The lowest BCUT2D eigenvalue weighted by Crippen LogP contribution is -2.48. The number of carbonyl (C=O) groups excluding carboxylic acids is 1. The first-order valence-corrected chi connectivity index (χ1v) is 11.6. The fourth-order valence-electron chi connectivity index (χ4n) is 4.43. The molecule has 158 valence electrons. The molecule has 1 amide bonds. The zero-order chi connectivity index (χ0) is 20.8. The van der Waals surface area contributed by atoms with Crippen molar-refractivity contribution in [3.8, 4) is 0 Å². The van der Waals surface area contributed by atoms with Gasteiger partial charge in [0.25, 0.3) is 0 Å². The summed E-state index contributed by atoms with van der Waals surface area (Å²) < 4.78 is 34.3. The first-order valence-electron chi connectivity index (χ1n) is 10.2. The van der Waals surface area contributed by atoms with Crippen molar-refractivity contribution in [3.05, 3.63) is 28.7 Å². The van der Waals surface area contributed by atoms with Crippen molar-refractivity contribution in [2.75, 3.05) is 26.2 Å². The van der Waals surface area contributed by atoms with Crippen LogP contribution >= 0.6 is 0 Å². The van der Waals surface area contributed by atoms with Gasteiger partial charge in [0.05, 0.1) is 16.3 Å². The molecule has 0 bridgehead atoms. The van der Waals surface area contributed by atoms with E-state index in [1.807, 2.05) is 4.90 Å². The summed E-state index contributed by atoms with van der Waals surface area (Å²) in [5.41, 5.74) is 0.783. The third kappa shape index (κ3) is 3.73. The lowest BCUT2D eigenvalue weighted by Gasteiger charge is -2.37. The number of piperidine rings is 2. The Kier molecular flexibility index (Phi) is 5.29. The highest BCUT2D eigenvalue weighted by molar-refractivity contribution is 7.89. The Morgan fingerprint density at radius 1 is 1.14 bits per heavy atom. The number of carbonyl (C=O) groups is 1. The summed E-state index contributed by atoms with van der Waals surface area (Å²) in [7, 11) is -2.20. The SMILES string of the molecule is CC1CCCN(C(=O)C2CCCN(S(=O)(=O)c3ccc4c(c3)oc(=O)n4C)C2)C1. The van der Waals surface area contributed by atoms with Gasteiger partial charge in [0.2, 0.25) is 15.9 Å². The number of sulfonamides is 1. The van der Waals surface area contributed by atoms with Crippen LogP contribution in [0.4, 0.5) is 0 Å². The van der Waals surface area contributed by atoms with Crippen LogP contribution in [0.25, 0.3) is 11.1 Å². The Labute approximate surface area is 170 Å². The molecule has 2 aliphatic heterocycles. The van der Waals surface area contributed by atoms with E-state index in [4.69, 9.17) is 4.42 Å². The van der Waals surface area contributed by atoms with E-state index in [0.29, 0.717) is 30.8 Å². The molecule has 2 atom stereocenters. The molecule has 2 aromatic rings. The van der Waals surface area contributed by atoms with Gasteiger partial charge in [-0.1, -0.05) is 6.92 Å².